The van der Waals surface area contributed by atoms with Gasteiger partial charge < -0.3 is 14.8 Å². The molecule has 1 heterocycles. The van der Waals surface area contributed by atoms with Crippen LogP contribution in [0.1, 0.15) is 51.9 Å². The zero-order valence-electron chi connectivity index (χ0n) is 12.9. The maximum absolute atomic E-state index is 6.05. The summed E-state index contributed by atoms with van der Waals surface area (Å²) in [6, 6.07) is 0.489. The van der Waals surface area contributed by atoms with Gasteiger partial charge in [-0.05, 0) is 51.0 Å². The van der Waals surface area contributed by atoms with Crippen molar-refractivity contribution in [2.24, 2.45) is 11.8 Å². The second-order valence-electron chi connectivity index (χ2n) is 6.60. The Balaban J connectivity index is 2.00. The average Bonchev–Trinajstić information content (AvgIpc) is 2.45. The highest BCUT2D eigenvalue weighted by atomic mass is 16.5. The molecule has 112 valence electrons. The monoisotopic (exact) mass is 269 g/mol. The third-order valence-corrected chi connectivity index (χ3v) is 5.29. The van der Waals surface area contributed by atoms with E-state index in [0.717, 1.165) is 25.0 Å². The van der Waals surface area contributed by atoms with Crippen molar-refractivity contribution < 1.29 is 9.47 Å². The molecule has 3 unspecified atom stereocenters. The molecule has 0 amide bonds. The van der Waals surface area contributed by atoms with Gasteiger partial charge in [-0.1, -0.05) is 19.8 Å². The van der Waals surface area contributed by atoms with Gasteiger partial charge in [-0.15, -0.1) is 0 Å². The van der Waals surface area contributed by atoms with Gasteiger partial charge in [0.2, 0.25) is 0 Å². The smallest absolute Gasteiger partial charge is 0.0833 e. The van der Waals surface area contributed by atoms with Crippen molar-refractivity contribution >= 4 is 0 Å². The van der Waals surface area contributed by atoms with Crippen molar-refractivity contribution in [3.8, 4) is 0 Å². The van der Waals surface area contributed by atoms with Crippen LogP contribution < -0.4 is 5.32 Å². The minimum atomic E-state index is 0.0602. The summed E-state index contributed by atoms with van der Waals surface area (Å²) < 4.78 is 11.5. The number of hydrogen-bond donors (Lipinski definition) is 1. The van der Waals surface area contributed by atoms with E-state index < -0.39 is 0 Å². The predicted octanol–water partition coefficient (Wildman–Crippen LogP) is 2.99. The first-order valence-corrected chi connectivity index (χ1v) is 8.00. The minimum absolute atomic E-state index is 0.0602. The summed E-state index contributed by atoms with van der Waals surface area (Å²) in [5.41, 5.74) is 0.0602. The molecule has 1 aliphatic heterocycles. The fraction of sp³-hybridized carbons (Fsp3) is 1.00. The lowest BCUT2D eigenvalue weighted by molar-refractivity contribution is -0.0852. The van der Waals surface area contributed by atoms with E-state index in [4.69, 9.17) is 9.47 Å². The standard InChI is InChI=1S/C16H31NO2/c1-13-5-4-8-16(12-13,18-3)15(17-2)11-14-6-9-19-10-7-14/h13-15,17H,4-12H2,1-3H3. The van der Waals surface area contributed by atoms with Crippen LogP contribution in [0.3, 0.4) is 0 Å². The fourth-order valence-corrected chi connectivity index (χ4v) is 4.10. The molecule has 2 aliphatic rings. The van der Waals surface area contributed by atoms with Gasteiger partial charge >= 0.3 is 0 Å². The molecule has 19 heavy (non-hydrogen) atoms. The number of methoxy groups -OCH3 is 1. The van der Waals surface area contributed by atoms with Crippen LogP contribution in [0.2, 0.25) is 0 Å². The normalized spacial score (nSPS) is 35.2. The van der Waals surface area contributed by atoms with Crippen LogP contribution in [0.15, 0.2) is 0 Å². The number of rotatable bonds is 5. The molecule has 0 aromatic heterocycles. The van der Waals surface area contributed by atoms with Crippen molar-refractivity contribution in [3.05, 3.63) is 0 Å². The van der Waals surface area contributed by atoms with Gasteiger partial charge in [0, 0.05) is 26.4 Å². The van der Waals surface area contributed by atoms with Gasteiger partial charge in [0.15, 0.2) is 0 Å². The van der Waals surface area contributed by atoms with Crippen molar-refractivity contribution in [1.29, 1.82) is 0 Å². The lowest BCUT2D eigenvalue weighted by atomic mass is 9.72. The predicted molar refractivity (Wildman–Crippen MR) is 78.4 cm³/mol. The molecule has 3 heteroatoms. The summed E-state index contributed by atoms with van der Waals surface area (Å²) in [7, 11) is 4.01. The summed E-state index contributed by atoms with van der Waals surface area (Å²) in [6.07, 6.45) is 8.75. The average molecular weight is 269 g/mol. The highest BCUT2D eigenvalue weighted by Crippen LogP contribution is 2.39. The van der Waals surface area contributed by atoms with Crippen molar-refractivity contribution in [2.75, 3.05) is 27.4 Å². The highest BCUT2D eigenvalue weighted by Gasteiger charge is 2.42. The molecule has 1 N–H and O–H groups in total. The fourth-order valence-electron chi connectivity index (χ4n) is 4.10. The van der Waals surface area contributed by atoms with E-state index in [-0.39, 0.29) is 5.60 Å². The second kappa shape index (κ2) is 7.05. The Kier molecular flexibility index (Phi) is 5.67. The van der Waals surface area contributed by atoms with Gasteiger partial charge in [0.05, 0.1) is 5.60 Å². The summed E-state index contributed by atoms with van der Waals surface area (Å²) in [5, 5.41) is 3.57. The molecule has 2 rings (SSSR count). The zero-order chi connectivity index (χ0) is 13.7. The van der Waals surface area contributed by atoms with Crippen molar-refractivity contribution in [1.82, 2.24) is 5.32 Å². The zero-order valence-corrected chi connectivity index (χ0v) is 12.9. The molecular weight excluding hydrogens is 238 g/mol. The van der Waals surface area contributed by atoms with Crippen LogP contribution >= 0.6 is 0 Å². The lowest BCUT2D eigenvalue weighted by Crippen LogP contribution is -2.54. The molecule has 0 spiro atoms. The molecule has 1 saturated heterocycles. The second-order valence-corrected chi connectivity index (χ2v) is 6.60. The largest absolute Gasteiger partial charge is 0.381 e. The van der Waals surface area contributed by atoms with E-state index >= 15 is 0 Å². The molecule has 2 fully saturated rings. The van der Waals surface area contributed by atoms with Gasteiger partial charge in [-0.25, -0.2) is 0 Å². The van der Waals surface area contributed by atoms with Crippen LogP contribution in [0, 0.1) is 11.8 Å². The van der Waals surface area contributed by atoms with Crippen molar-refractivity contribution in [3.63, 3.8) is 0 Å². The Morgan fingerprint density at radius 2 is 2.05 bits per heavy atom. The molecular formula is C16H31NO2. The third-order valence-electron chi connectivity index (χ3n) is 5.29. The van der Waals surface area contributed by atoms with E-state index in [1.165, 1.54) is 44.9 Å². The topological polar surface area (TPSA) is 30.5 Å². The first-order valence-electron chi connectivity index (χ1n) is 8.00. The quantitative estimate of drug-likeness (QED) is 0.832. The Bertz CT molecular complexity index is 265. The molecule has 1 saturated carbocycles. The molecule has 3 atom stereocenters. The Hall–Kier alpha value is -0.120. The van der Waals surface area contributed by atoms with Gasteiger partial charge in [-0.3, -0.25) is 0 Å². The summed E-state index contributed by atoms with van der Waals surface area (Å²) in [4.78, 5) is 0. The highest BCUT2D eigenvalue weighted by molar-refractivity contribution is 4.97. The van der Waals surface area contributed by atoms with Crippen LogP contribution in [0.25, 0.3) is 0 Å². The van der Waals surface area contributed by atoms with Crippen LogP contribution in [-0.2, 0) is 9.47 Å². The number of nitrogens with one attached hydrogen (secondary N) is 1. The van der Waals surface area contributed by atoms with E-state index in [1.807, 2.05) is 7.11 Å². The molecule has 0 bridgehead atoms. The Morgan fingerprint density at radius 3 is 2.63 bits per heavy atom. The van der Waals surface area contributed by atoms with E-state index in [1.54, 1.807) is 0 Å². The molecule has 1 aliphatic carbocycles. The SMILES string of the molecule is CNC(CC1CCOCC1)C1(OC)CCCC(C)C1. The van der Waals surface area contributed by atoms with Crippen LogP contribution in [0.5, 0.6) is 0 Å². The summed E-state index contributed by atoms with van der Waals surface area (Å²) in [6.45, 7) is 4.25. The van der Waals surface area contributed by atoms with E-state index in [2.05, 4.69) is 19.3 Å². The molecule has 3 nitrogen and oxygen atoms in total. The minimum Gasteiger partial charge on any atom is -0.381 e. The molecule has 0 aromatic rings. The van der Waals surface area contributed by atoms with E-state index in [9.17, 15) is 0 Å². The number of likely N-dealkylation sites (N-methyl/N-ethyl adjacent to an activating group) is 1. The number of hydrogen-bond acceptors (Lipinski definition) is 3. The maximum atomic E-state index is 6.05. The Morgan fingerprint density at radius 1 is 1.32 bits per heavy atom. The van der Waals surface area contributed by atoms with Gasteiger partial charge in [0.1, 0.15) is 0 Å². The van der Waals surface area contributed by atoms with E-state index in [0.29, 0.717) is 6.04 Å². The lowest BCUT2D eigenvalue weighted by Gasteiger charge is -2.46. The van der Waals surface area contributed by atoms with Crippen molar-refractivity contribution in [2.45, 2.75) is 63.5 Å². The van der Waals surface area contributed by atoms with Gasteiger partial charge in [0.25, 0.3) is 0 Å². The van der Waals surface area contributed by atoms with Crippen LogP contribution in [-0.4, -0.2) is 39.0 Å². The summed E-state index contributed by atoms with van der Waals surface area (Å²) >= 11 is 0. The Labute approximate surface area is 118 Å². The molecule has 0 radical (unpaired) electrons. The number of ether oxygens (including phenoxy) is 2. The first kappa shape index (κ1) is 15.3. The van der Waals surface area contributed by atoms with Gasteiger partial charge in [-0.2, -0.15) is 0 Å². The third kappa shape index (κ3) is 3.71. The summed E-state index contributed by atoms with van der Waals surface area (Å²) in [5.74, 6) is 1.59. The van der Waals surface area contributed by atoms with Crippen LogP contribution in [0.4, 0.5) is 0 Å². The molecule has 0 aromatic carbocycles. The first-order chi connectivity index (χ1) is 9.20. The maximum Gasteiger partial charge on any atom is 0.0833 e.